The first kappa shape index (κ1) is 14.4. The zero-order valence-corrected chi connectivity index (χ0v) is 12.5. The Kier molecular flexibility index (Phi) is 4.12. The van der Waals surface area contributed by atoms with Crippen LogP contribution in [0.3, 0.4) is 0 Å². The predicted molar refractivity (Wildman–Crippen MR) is 81.6 cm³/mol. The van der Waals surface area contributed by atoms with Gasteiger partial charge in [-0.3, -0.25) is 4.79 Å². The Morgan fingerprint density at radius 2 is 2.24 bits per heavy atom. The summed E-state index contributed by atoms with van der Waals surface area (Å²) in [7, 11) is 1.73. The van der Waals surface area contributed by atoms with Gasteiger partial charge in [0.1, 0.15) is 6.10 Å². The molecule has 1 aromatic carbocycles. The molecule has 0 aromatic heterocycles. The number of hydrogen-bond acceptors (Lipinski definition) is 4. The average Bonchev–Trinajstić information content (AvgIpc) is 2.46. The minimum atomic E-state index is 0.0979. The molecule has 0 spiro atoms. The van der Waals surface area contributed by atoms with Crippen molar-refractivity contribution in [3.63, 3.8) is 0 Å². The Morgan fingerprint density at radius 3 is 3.00 bits per heavy atom. The third-order valence-electron chi connectivity index (χ3n) is 4.25. The molecule has 2 N–H and O–H groups in total. The number of benzene rings is 1. The van der Waals surface area contributed by atoms with E-state index in [2.05, 4.69) is 16.7 Å². The van der Waals surface area contributed by atoms with Gasteiger partial charge in [0.05, 0.1) is 12.1 Å². The predicted octanol–water partition coefficient (Wildman–Crippen LogP) is 2.18. The van der Waals surface area contributed by atoms with Gasteiger partial charge < -0.3 is 20.1 Å². The zero-order chi connectivity index (χ0) is 14.8. The number of fused-ring (bicyclic) bond motifs is 1. The number of methoxy groups -OCH3 is 1. The SMILES string of the molecule is CCOC1CC(Nc2ccc3c(c2)CCC(=O)N3)C1OC. The Balaban J connectivity index is 1.65. The summed E-state index contributed by atoms with van der Waals surface area (Å²) in [6, 6.07) is 6.37. The van der Waals surface area contributed by atoms with Crippen LogP contribution in [0.25, 0.3) is 0 Å². The molecule has 0 saturated heterocycles. The largest absolute Gasteiger partial charge is 0.379 e. The number of amides is 1. The highest BCUT2D eigenvalue weighted by atomic mass is 16.5. The van der Waals surface area contributed by atoms with Crippen LogP contribution in [0, 0.1) is 0 Å². The summed E-state index contributed by atoms with van der Waals surface area (Å²) in [6.45, 7) is 2.72. The molecule has 3 rings (SSSR count). The molecule has 1 aliphatic carbocycles. The summed E-state index contributed by atoms with van der Waals surface area (Å²) in [5, 5.41) is 6.41. The molecule has 0 bridgehead atoms. The third-order valence-corrected chi connectivity index (χ3v) is 4.25. The van der Waals surface area contributed by atoms with Crippen LogP contribution in [0.2, 0.25) is 0 Å². The van der Waals surface area contributed by atoms with Gasteiger partial charge >= 0.3 is 0 Å². The molecule has 2 aliphatic rings. The summed E-state index contributed by atoms with van der Waals surface area (Å²) in [4.78, 5) is 11.4. The Labute approximate surface area is 125 Å². The summed E-state index contributed by atoms with van der Waals surface area (Å²) in [5.74, 6) is 0.0983. The summed E-state index contributed by atoms with van der Waals surface area (Å²) in [6.07, 6.45) is 2.61. The van der Waals surface area contributed by atoms with E-state index in [-0.39, 0.29) is 24.2 Å². The van der Waals surface area contributed by atoms with Crippen LogP contribution in [0.1, 0.15) is 25.3 Å². The minimum absolute atomic E-state index is 0.0979. The number of hydrogen-bond donors (Lipinski definition) is 2. The van der Waals surface area contributed by atoms with Crippen molar-refractivity contribution < 1.29 is 14.3 Å². The maximum atomic E-state index is 11.4. The van der Waals surface area contributed by atoms with Crippen molar-refractivity contribution in [2.75, 3.05) is 24.4 Å². The van der Waals surface area contributed by atoms with Gasteiger partial charge in [-0.2, -0.15) is 0 Å². The zero-order valence-electron chi connectivity index (χ0n) is 12.5. The normalized spacial score (nSPS) is 27.5. The minimum Gasteiger partial charge on any atom is -0.379 e. The van der Waals surface area contributed by atoms with Crippen LogP contribution in [0.15, 0.2) is 18.2 Å². The topological polar surface area (TPSA) is 59.6 Å². The summed E-state index contributed by atoms with van der Waals surface area (Å²) >= 11 is 0. The van der Waals surface area contributed by atoms with Crippen molar-refractivity contribution in [2.24, 2.45) is 0 Å². The second kappa shape index (κ2) is 6.03. The van der Waals surface area contributed by atoms with E-state index in [4.69, 9.17) is 9.47 Å². The number of ether oxygens (including phenoxy) is 2. The van der Waals surface area contributed by atoms with Crippen LogP contribution < -0.4 is 10.6 Å². The van der Waals surface area contributed by atoms with E-state index in [0.717, 1.165) is 30.8 Å². The molecule has 0 radical (unpaired) electrons. The molecule has 1 amide bonds. The third kappa shape index (κ3) is 2.89. The lowest BCUT2D eigenvalue weighted by Gasteiger charge is -2.43. The Bertz CT molecular complexity index is 532. The van der Waals surface area contributed by atoms with E-state index in [0.29, 0.717) is 6.42 Å². The van der Waals surface area contributed by atoms with E-state index in [1.54, 1.807) is 7.11 Å². The van der Waals surface area contributed by atoms with E-state index in [1.165, 1.54) is 5.56 Å². The van der Waals surface area contributed by atoms with E-state index in [9.17, 15) is 4.79 Å². The van der Waals surface area contributed by atoms with E-state index in [1.807, 2.05) is 19.1 Å². The van der Waals surface area contributed by atoms with Gasteiger partial charge in [0.15, 0.2) is 0 Å². The van der Waals surface area contributed by atoms with Gasteiger partial charge in [-0.05, 0) is 43.5 Å². The summed E-state index contributed by atoms with van der Waals surface area (Å²) in [5.41, 5.74) is 3.20. The Morgan fingerprint density at radius 1 is 1.38 bits per heavy atom. The molecular formula is C16H22N2O3. The smallest absolute Gasteiger partial charge is 0.224 e. The standard InChI is InChI=1S/C16H22N2O3/c1-3-21-14-9-13(16(14)20-2)17-11-5-6-12-10(8-11)4-7-15(19)18-12/h5-6,8,13-14,16-17H,3-4,7,9H2,1-2H3,(H,18,19). The molecule has 114 valence electrons. The van der Waals surface area contributed by atoms with Crippen LogP contribution in [0.4, 0.5) is 11.4 Å². The molecule has 1 heterocycles. The number of carbonyl (C=O) groups excluding carboxylic acids is 1. The highest BCUT2D eigenvalue weighted by Crippen LogP contribution is 2.32. The van der Waals surface area contributed by atoms with Gasteiger partial charge in [0.2, 0.25) is 5.91 Å². The van der Waals surface area contributed by atoms with Crippen LogP contribution >= 0.6 is 0 Å². The van der Waals surface area contributed by atoms with Gasteiger partial charge in [-0.15, -0.1) is 0 Å². The molecule has 5 heteroatoms. The molecule has 21 heavy (non-hydrogen) atoms. The second-order valence-corrected chi connectivity index (χ2v) is 5.60. The summed E-state index contributed by atoms with van der Waals surface area (Å²) < 4.78 is 11.2. The van der Waals surface area contributed by atoms with Crippen molar-refractivity contribution in [1.82, 2.24) is 0 Å². The van der Waals surface area contributed by atoms with Crippen molar-refractivity contribution in [2.45, 2.75) is 44.4 Å². The monoisotopic (exact) mass is 290 g/mol. The number of nitrogens with one attached hydrogen (secondary N) is 2. The molecule has 3 unspecified atom stereocenters. The van der Waals surface area contributed by atoms with Crippen molar-refractivity contribution >= 4 is 17.3 Å². The second-order valence-electron chi connectivity index (χ2n) is 5.60. The first-order valence-electron chi connectivity index (χ1n) is 7.55. The fourth-order valence-corrected chi connectivity index (χ4v) is 3.10. The van der Waals surface area contributed by atoms with Crippen molar-refractivity contribution in [1.29, 1.82) is 0 Å². The fraction of sp³-hybridized carbons (Fsp3) is 0.562. The van der Waals surface area contributed by atoms with Gasteiger partial charge in [0.25, 0.3) is 0 Å². The highest BCUT2D eigenvalue weighted by molar-refractivity contribution is 5.94. The van der Waals surface area contributed by atoms with Crippen molar-refractivity contribution in [3.05, 3.63) is 23.8 Å². The maximum absolute atomic E-state index is 11.4. The van der Waals surface area contributed by atoms with Gasteiger partial charge in [-0.25, -0.2) is 0 Å². The first-order chi connectivity index (χ1) is 10.2. The van der Waals surface area contributed by atoms with Crippen LogP contribution in [-0.4, -0.2) is 37.9 Å². The number of carbonyl (C=O) groups is 1. The van der Waals surface area contributed by atoms with Gasteiger partial charge in [0, 0.05) is 31.5 Å². The molecule has 1 aliphatic heterocycles. The first-order valence-corrected chi connectivity index (χ1v) is 7.55. The number of rotatable bonds is 5. The van der Waals surface area contributed by atoms with Crippen LogP contribution in [0.5, 0.6) is 0 Å². The molecule has 5 nitrogen and oxygen atoms in total. The molecule has 1 saturated carbocycles. The molecule has 1 fully saturated rings. The average molecular weight is 290 g/mol. The fourth-order valence-electron chi connectivity index (χ4n) is 3.10. The quantitative estimate of drug-likeness (QED) is 0.872. The number of anilines is 2. The number of aryl methyl sites for hydroxylation is 1. The molecular weight excluding hydrogens is 268 g/mol. The lowest BCUT2D eigenvalue weighted by Crippen LogP contribution is -2.56. The maximum Gasteiger partial charge on any atom is 0.224 e. The van der Waals surface area contributed by atoms with Crippen molar-refractivity contribution in [3.8, 4) is 0 Å². The lowest BCUT2D eigenvalue weighted by molar-refractivity contribution is -0.118. The van der Waals surface area contributed by atoms with E-state index >= 15 is 0 Å². The highest BCUT2D eigenvalue weighted by Gasteiger charge is 2.42. The van der Waals surface area contributed by atoms with Gasteiger partial charge in [-0.1, -0.05) is 0 Å². The molecule has 3 atom stereocenters. The van der Waals surface area contributed by atoms with E-state index < -0.39 is 0 Å². The molecule has 1 aromatic rings. The lowest BCUT2D eigenvalue weighted by atomic mass is 9.85. The van der Waals surface area contributed by atoms with Crippen LogP contribution in [-0.2, 0) is 20.7 Å². The Hall–Kier alpha value is -1.59.